The number of nitrogens with two attached hydrogens (primary N) is 1. The van der Waals surface area contributed by atoms with Crippen molar-refractivity contribution in [2.75, 3.05) is 19.4 Å². The molecule has 0 bridgehead atoms. The van der Waals surface area contributed by atoms with Gasteiger partial charge in [0.2, 0.25) is 0 Å². The topological polar surface area (TPSA) is 56.0 Å². The Kier molecular flexibility index (Phi) is 4.37. The number of methoxy groups -OCH3 is 1. The van der Waals surface area contributed by atoms with Crippen LogP contribution >= 0.6 is 24.0 Å². The average molecular weight is 321 g/mol. The van der Waals surface area contributed by atoms with Crippen molar-refractivity contribution in [3.8, 4) is 5.75 Å². The van der Waals surface area contributed by atoms with E-state index < -0.39 is 0 Å². The number of nitrogens with zero attached hydrogens (tertiary/aromatic N) is 1. The molecule has 0 amide bonds. The highest BCUT2D eigenvalue weighted by Crippen LogP contribution is 2.37. The van der Waals surface area contributed by atoms with Gasteiger partial charge in [-0.2, -0.15) is 0 Å². The third-order valence-corrected chi connectivity index (χ3v) is 5.39. The summed E-state index contributed by atoms with van der Waals surface area (Å²) in [5.41, 5.74) is 8.22. The number of H-pyrrole nitrogens is 1. The quantitative estimate of drug-likeness (QED) is 0.850. The lowest BCUT2D eigenvalue weighted by Gasteiger charge is -2.27. The zero-order valence-electron chi connectivity index (χ0n) is 12.0. The molecule has 0 fully saturated rings. The third-order valence-electron chi connectivity index (χ3n) is 3.81. The minimum Gasteiger partial charge on any atom is -0.497 e. The summed E-state index contributed by atoms with van der Waals surface area (Å²) < 4.78 is 8.35. The maximum Gasteiger partial charge on any atom is 0.177 e. The fraction of sp³-hybridized carbons (Fsp3) is 0.400. The normalized spacial score (nSPS) is 17.5. The van der Waals surface area contributed by atoms with E-state index in [2.05, 4.69) is 21.7 Å². The van der Waals surface area contributed by atoms with E-state index in [1.54, 1.807) is 7.11 Å². The molecule has 21 heavy (non-hydrogen) atoms. The SMILES string of the molecule is COc1ccc2c(c1)C[C@H](n1c(CCN)c[nH]c1=S)CS2. The monoisotopic (exact) mass is 321 g/mol. The summed E-state index contributed by atoms with van der Waals surface area (Å²) in [7, 11) is 1.71. The zero-order valence-corrected chi connectivity index (χ0v) is 13.6. The number of rotatable bonds is 4. The van der Waals surface area contributed by atoms with Crippen molar-refractivity contribution in [1.29, 1.82) is 0 Å². The molecule has 0 aliphatic carbocycles. The third kappa shape index (κ3) is 2.88. The van der Waals surface area contributed by atoms with Crippen LogP contribution in [0.1, 0.15) is 17.3 Å². The van der Waals surface area contributed by atoms with Gasteiger partial charge in [0.05, 0.1) is 7.11 Å². The molecule has 1 aliphatic rings. The summed E-state index contributed by atoms with van der Waals surface area (Å²) >= 11 is 7.33. The van der Waals surface area contributed by atoms with Crippen molar-refractivity contribution in [2.45, 2.75) is 23.8 Å². The van der Waals surface area contributed by atoms with Gasteiger partial charge in [-0.15, -0.1) is 11.8 Å². The molecule has 0 spiro atoms. The fourth-order valence-electron chi connectivity index (χ4n) is 2.80. The highest BCUT2D eigenvalue weighted by atomic mass is 32.2. The number of hydrogen-bond donors (Lipinski definition) is 2. The Hall–Kier alpha value is -1.24. The van der Waals surface area contributed by atoms with Gasteiger partial charge in [-0.1, -0.05) is 0 Å². The van der Waals surface area contributed by atoms with E-state index in [0.29, 0.717) is 12.6 Å². The van der Waals surface area contributed by atoms with Gasteiger partial charge in [0.15, 0.2) is 4.77 Å². The van der Waals surface area contributed by atoms with Gasteiger partial charge in [-0.05, 0) is 48.9 Å². The molecule has 1 aromatic heterocycles. The standard InChI is InChI=1S/C15H19N3OS2/c1-19-13-2-3-14-10(7-13)6-12(9-21-14)18-11(4-5-16)8-17-15(18)20/h2-3,7-8,12H,4-6,9,16H2,1H3,(H,17,20)/t12-/m0/s1. The van der Waals surface area contributed by atoms with E-state index in [9.17, 15) is 0 Å². The Balaban J connectivity index is 1.92. The number of aromatic amines is 1. The zero-order chi connectivity index (χ0) is 14.8. The molecule has 1 atom stereocenters. The van der Waals surface area contributed by atoms with E-state index in [0.717, 1.165) is 29.1 Å². The maximum atomic E-state index is 5.70. The van der Waals surface area contributed by atoms with Crippen LogP contribution in [0.15, 0.2) is 29.3 Å². The van der Waals surface area contributed by atoms with E-state index in [1.165, 1.54) is 16.2 Å². The summed E-state index contributed by atoms with van der Waals surface area (Å²) in [6, 6.07) is 6.67. The van der Waals surface area contributed by atoms with Crippen molar-refractivity contribution in [3.63, 3.8) is 0 Å². The van der Waals surface area contributed by atoms with Crippen LogP contribution in [-0.4, -0.2) is 29.0 Å². The molecule has 0 radical (unpaired) electrons. The predicted molar refractivity (Wildman–Crippen MR) is 88.8 cm³/mol. The molecule has 4 nitrogen and oxygen atoms in total. The Morgan fingerprint density at radius 2 is 2.38 bits per heavy atom. The van der Waals surface area contributed by atoms with Crippen LogP contribution in [-0.2, 0) is 12.8 Å². The van der Waals surface area contributed by atoms with Crippen LogP contribution in [0.4, 0.5) is 0 Å². The molecule has 0 unspecified atom stereocenters. The number of aromatic nitrogens is 2. The first-order valence-corrected chi connectivity index (χ1v) is 8.41. The molecule has 0 saturated heterocycles. The largest absolute Gasteiger partial charge is 0.497 e. The van der Waals surface area contributed by atoms with E-state index in [1.807, 2.05) is 24.0 Å². The molecular weight excluding hydrogens is 302 g/mol. The Morgan fingerprint density at radius 1 is 1.52 bits per heavy atom. The summed E-state index contributed by atoms with van der Waals surface area (Å²) in [4.78, 5) is 4.50. The molecular formula is C15H19N3OS2. The van der Waals surface area contributed by atoms with Crippen molar-refractivity contribution < 1.29 is 4.74 Å². The van der Waals surface area contributed by atoms with Gasteiger partial charge in [0.25, 0.3) is 0 Å². The van der Waals surface area contributed by atoms with Gasteiger partial charge in [-0.25, -0.2) is 0 Å². The second-order valence-electron chi connectivity index (χ2n) is 5.14. The summed E-state index contributed by atoms with van der Waals surface area (Å²) in [6.45, 7) is 0.636. The molecule has 3 N–H and O–H groups in total. The fourth-order valence-corrected chi connectivity index (χ4v) is 4.26. The number of nitrogens with one attached hydrogen (secondary N) is 1. The number of imidazole rings is 1. The van der Waals surface area contributed by atoms with Gasteiger partial charge in [0.1, 0.15) is 5.75 Å². The van der Waals surface area contributed by atoms with E-state index in [-0.39, 0.29) is 0 Å². The predicted octanol–water partition coefficient (Wildman–Crippen LogP) is 2.94. The van der Waals surface area contributed by atoms with Gasteiger partial charge in [-0.3, -0.25) is 0 Å². The minimum atomic E-state index is 0.370. The number of fused-ring (bicyclic) bond motifs is 1. The molecule has 2 aromatic rings. The molecule has 1 aromatic carbocycles. The molecule has 0 saturated carbocycles. The number of benzene rings is 1. The second kappa shape index (κ2) is 6.25. The summed E-state index contributed by atoms with van der Waals surface area (Å²) in [6.07, 6.45) is 3.81. The van der Waals surface area contributed by atoms with Crippen molar-refractivity contribution in [1.82, 2.24) is 9.55 Å². The van der Waals surface area contributed by atoms with Gasteiger partial charge >= 0.3 is 0 Å². The van der Waals surface area contributed by atoms with E-state index in [4.69, 9.17) is 22.7 Å². The minimum absolute atomic E-state index is 0.370. The first-order valence-electron chi connectivity index (χ1n) is 7.01. The average Bonchev–Trinajstić information content (AvgIpc) is 2.87. The van der Waals surface area contributed by atoms with Crippen molar-refractivity contribution >= 4 is 24.0 Å². The van der Waals surface area contributed by atoms with Crippen LogP contribution in [0.25, 0.3) is 0 Å². The first-order chi connectivity index (χ1) is 10.2. The molecule has 6 heteroatoms. The van der Waals surface area contributed by atoms with Gasteiger partial charge < -0.3 is 20.0 Å². The highest BCUT2D eigenvalue weighted by Gasteiger charge is 2.23. The smallest absolute Gasteiger partial charge is 0.177 e. The van der Waals surface area contributed by atoms with Gasteiger partial charge in [0, 0.05) is 35.0 Å². The number of hydrogen-bond acceptors (Lipinski definition) is 4. The molecule has 112 valence electrons. The molecule has 1 aliphatic heterocycles. The lowest BCUT2D eigenvalue weighted by atomic mass is 10.1. The van der Waals surface area contributed by atoms with Crippen LogP contribution in [0.5, 0.6) is 5.75 Å². The Morgan fingerprint density at radius 3 is 3.14 bits per heavy atom. The van der Waals surface area contributed by atoms with E-state index >= 15 is 0 Å². The van der Waals surface area contributed by atoms with Crippen LogP contribution in [0.3, 0.4) is 0 Å². The molecule has 3 rings (SSSR count). The lowest BCUT2D eigenvalue weighted by molar-refractivity contribution is 0.413. The van der Waals surface area contributed by atoms with Crippen LogP contribution in [0, 0.1) is 4.77 Å². The lowest BCUT2D eigenvalue weighted by Crippen LogP contribution is -2.21. The highest BCUT2D eigenvalue weighted by molar-refractivity contribution is 7.99. The second-order valence-corrected chi connectivity index (χ2v) is 6.58. The summed E-state index contributed by atoms with van der Waals surface area (Å²) in [5, 5.41) is 0. The Bertz CT molecular complexity index is 692. The number of thioether (sulfide) groups is 1. The summed E-state index contributed by atoms with van der Waals surface area (Å²) in [5.74, 6) is 1.94. The number of ether oxygens (including phenoxy) is 1. The maximum absolute atomic E-state index is 5.70. The van der Waals surface area contributed by atoms with Crippen LogP contribution < -0.4 is 10.5 Å². The Labute approximate surface area is 133 Å². The first kappa shape index (κ1) is 14.7. The van der Waals surface area contributed by atoms with Crippen molar-refractivity contribution in [3.05, 3.63) is 40.4 Å². The molecule has 2 heterocycles. The van der Waals surface area contributed by atoms with Crippen molar-refractivity contribution in [2.24, 2.45) is 5.73 Å². The van der Waals surface area contributed by atoms with Crippen LogP contribution in [0.2, 0.25) is 0 Å².